The molecule has 1 heterocycles. The van der Waals surface area contributed by atoms with Crippen molar-refractivity contribution in [2.75, 3.05) is 46.3 Å². The van der Waals surface area contributed by atoms with Crippen molar-refractivity contribution in [2.24, 2.45) is 0 Å². The first-order chi connectivity index (χ1) is 13.4. The summed E-state index contributed by atoms with van der Waals surface area (Å²) in [6, 6.07) is 13.4. The maximum absolute atomic E-state index is 13.5. The molecular formula is C21H25ClN2O3S. The summed E-state index contributed by atoms with van der Waals surface area (Å²) in [5, 5.41) is 0.459. The number of fused-ring (bicyclic) bond motifs is 1. The van der Waals surface area contributed by atoms with Gasteiger partial charge in [-0.3, -0.25) is 4.79 Å². The van der Waals surface area contributed by atoms with Crippen LogP contribution in [0.15, 0.2) is 47.4 Å². The molecule has 0 saturated heterocycles. The summed E-state index contributed by atoms with van der Waals surface area (Å²) in [7, 11) is 7.21. The molecule has 5 nitrogen and oxygen atoms in total. The minimum atomic E-state index is -0.605. The van der Waals surface area contributed by atoms with Gasteiger partial charge in [-0.15, -0.1) is 11.8 Å². The molecule has 0 unspecified atom stereocenters. The Morgan fingerprint density at radius 1 is 1.14 bits per heavy atom. The van der Waals surface area contributed by atoms with Gasteiger partial charge in [0.15, 0.2) is 6.10 Å². The van der Waals surface area contributed by atoms with Gasteiger partial charge >= 0.3 is 0 Å². The van der Waals surface area contributed by atoms with Gasteiger partial charge in [-0.25, -0.2) is 0 Å². The monoisotopic (exact) mass is 420 g/mol. The van der Waals surface area contributed by atoms with Crippen molar-refractivity contribution < 1.29 is 14.3 Å². The zero-order valence-corrected chi connectivity index (χ0v) is 18.1. The van der Waals surface area contributed by atoms with Crippen LogP contribution in [0.2, 0.25) is 5.02 Å². The van der Waals surface area contributed by atoms with Crippen molar-refractivity contribution in [2.45, 2.75) is 16.2 Å². The lowest BCUT2D eigenvalue weighted by molar-refractivity contribution is -0.128. The minimum Gasteiger partial charge on any atom is -0.497 e. The number of benzene rings is 2. The SMILES string of the molecule is COc1ccc([C@@H]2Sc3cc(Cl)ccc3N(CCN(C)C)C(=O)[C@@H]2OC)cc1. The number of nitrogens with zero attached hydrogens (tertiary/aromatic N) is 2. The third-order valence-corrected chi connectivity index (χ3v) is 6.31. The van der Waals surface area contributed by atoms with Crippen molar-refractivity contribution in [1.29, 1.82) is 0 Å². The summed E-state index contributed by atoms with van der Waals surface area (Å²) in [5.74, 6) is 0.734. The number of ether oxygens (including phenoxy) is 2. The van der Waals surface area contributed by atoms with Crippen molar-refractivity contribution in [3.8, 4) is 5.75 Å². The maximum atomic E-state index is 13.5. The Balaban J connectivity index is 2.04. The molecule has 1 aliphatic heterocycles. The number of carbonyl (C=O) groups is 1. The van der Waals surface area contributed by atoms with Gasteiger partial charge in [0.1, 0.15) is 5.75 Å². The van der Waals surface area contributed by atoms with Crippen LogP contribution in [0.4, 0.5) is 5.69 Å². The van der Waals surface area contributed by atoms with Crippen LogP contribution >= 0.6 is 23.4 Å². The number of rotatable bonds is 6. The van der Waals surface area contributed by atoms with Gasteiger partial charge in [0.2, 0.25) is 0 Å². The zero-order chi connectivity index (χ0) is 20.3. The smallest absolute Gasteiger partial charge is 0.257 e. The average molecular weight is 421 g/mol. The average Bonchev–Trinajstić information content (AvgIpc) is 2.80. The lowest BCUT2D eigenvalue weighted by Gasteiger charge is -2.28. The molecular weight excluding hydrogens is 396 g/mol. The number of thioether (sulfide) groups is 1. The summed E-state index contributed by atoms with van der Waals surface area (Å²) in [6.07, 6.45) is -0.605. The second kappa shape index (κ2) is 9.18. The van der Waals surface area contributed by atoms with Gasteiger partial charge in [0.05, 0.1) is 18.0 Å². The molecule has 1 amide bonds. The minimum absolute atomic E-state index is 0.0428. The molecule has 7 heteroatoms. The Bertz CT molecular complexity index is 829. The van der Waals surface area contributed by atoms with E-state index in [4.69, 9.17) is 21.1 Å². The number of carbonyl (C=O) groups excluding carboxylic acids is 1. The van der Waals surface area contributed by atoms with Gasteiger partial charge in [0.25, 0.3) is 5.91 Å². The molecule has 0 aliphatic carbocycles. The van der Waals surface area contributed by atoms with Crippen LogP contribution in [0.3, 0.4) is 0 Å². The largest absolute Gasteiger partial charge is 0.497 e. The van der Waals surface area contributed by atoms with Crippen LogP contribution in [-0.2, 0) is 9.53 Å². The van der Waals surface area contributed by atoms with Crippen LogP contribution < -0.4 is 9.64 Å². The molecule has 0 spiro atoms. The van der Waals surface area contributed by atoms with Crippen molar-refractivity contribution >= 4 is 35.0 Å². The van der Waals surface area contributed by atoms with Crippen molar-refractivity contribution in [3.63, 3.8) is 0 Å². The number of anilines is 1. The summed E-state index contributed by atoms with van der Waals surface area (Å²) in [6.45, 7) is 1.33. The van der Waals surface area contributed by atoms with Crippen LogP contribution in [0.1, 0.15) is 10.8 Å². The summed E-state index contributed by atoms with van der Waals surface area (Å²) >= 11 is 7.88. The number of likely N-dealkylation sites (N-methyl/N-ethyl adjacent to an activating group) is 1. The predicted molar refractivity (Wildman–Crippen MR) is 115 cm³/mol. The van der Waals surface area contributed by atoms with E-state index in [0.29, 0.717) is 11.6 Å². The number of amides is 1. The first-order valence-electron chi connectivity index (χ1n) is 9.03. The number of halogens is 1. The molecule has 0 N–H and O–H groups in total. The van der Waals surface area contributed by atoms with Gasteiger partial charge in [-0.05, 0) is 50.0 Å². The van der Waals surface area contributed by atoms with Crippen LogP contribution in [0.25, 0.3) is 0 Å². The van der Waals surface area contributed by atoms with Crippen LogP contribution in [0.5, 0.6) is 5.75 Å². The molecule has 2 atom stereocenters. The van der Waals surface area contributed by atoms with E-state index in [1.807, 2.05) is 61.5 Å². The van der Waals surface area contributed by atoms with Gasteiger partial charge in [-0.1, -0.05) is 23.7 Å². The number of hydrogen-bond acceptors (Lipinski definition) is 5. The molecule has 0 aromatic heterocycles. The molecule has 0 saturated carbocycles. The zero-order valence-electron chi connectivity index (χ0n) is 16.5. The quantitative estimate of drug-likeness (QED) is 0.703. The summed E-state index contributed by atoms with van der Waals surface area (Å²) in [4.78, 5) is 18.3. The van der Waals surface area contributed by atoms with E-state index in [-0.39, 0.29) is 11.2 Å². The standard InChI is InChI=1S/C21H25ClN2O3S/c1-23(2)11-12-24-17-10-7-15(22)13-18(17)28-20(19(27-4)21(24)25)14-5-8-16(26-3)9-6-14/h5-10,13,19-20H,11-12H2,1-4H3/t19-,20+/m1/s1. The highest BCUT2D eigenvalue weighted by Crippen LogP contribution is 2.47. The van der Waals surface area contributed by atoms with E-state index in [0.717, 1.165) is 28.4 Å². The third kappa shape index (κ3) is 4.46. The summed E-state index contributed by atoms with van der Waals surface area (Å²) < 4.78 is 11.0. The molecule has 2 aromatic carbocycles. The Hall–Kier alpha value is -1.73. The Labute approximate surface area is 175 Å². The highest BCUT2D eigenvalue weighted by atomic mass is 35.5. The maximum Gasteiger partial charge on any atom is 0.257 e. The van der Waals surface area contributed by atoms with Gasteiger partial charge in [0, 0.05) is 30.1 Å². The Morgan fingerprint density at radius 2 is 1.86 bits per heavy atom. The van der Waals surface area contributed by atoms with Gasteiger partial charge < -0.3 is 19.3 Å². The molecule has 150 valence electrons. The molecule has 0 fully saturated rings. The Morgan fingerprint density at radius 3 is 2.46 bits per heavy atom. The van der Waals surface area contributed by atoms with E-state index < -0.39 is 6.10 Å². The molecule has 1 aliphatic rings. The molecule has 0 bridgehead atoms. The fraction of sp³-hybridized carbons (Fsp3) is 0.381. The lowest BCUT2D eigenvalue weighted by Crippen LogP contribution is -2.44. The van der Waals surface area contributed by atoms with E-state index in [1.165, 1.54) is 0 Å². The number of methoxy groups -OCH3 is 2. The topological polar surface area (TPSA) is 42.0 Å². The molecule has 0 radical (unpaired) electrons. The van der Waals surface area contributed by atoms with E-state index >= 15 is 0 Å². The van der Waals surface area contributed by atoms with Crippen molar-refractivity contribution in [1.82, 2.24) is 4.90 Å². The normalized spacial score (nSPS) is 19.5. The summed E-state index contributed by atoms with van der Waals surface area (Å²) in [5.41, 5.74) is 1.88. The molecule has 3 rings (SSSR count). The number of hydrogen-bond donors (Lipinski definition) is 0. The lowest BCUT2D eigenvalue weighted by atomic mass is 10.1. The van der Waals surface area contributed by atoms with Crippen LogP contribution in [0, 0.1) is 0 Å². The molecule has 2 aromatic rings. The first-order valence-corrected chi connectivity index (χ1v) is 10.3. The fourth-order valence-electron chi connectivity index (χ4n) is 3.20. The third-order valence-electron chi connectivity index (χ3n) is 4.72. The van der Waals surface area contributed by atoms with E-state index in [9.17, 15) is 4.79 Å². The predicted octanol–water partition coefficient (Wildman–Crippen LogP) is 4.11. The highest BCUT2D eigenvalue weighted by Gasteiger charge is 2.38. The first kappa shape index (κ1) is 21.0. The fourth-order valence-corrected chi connectivity index (χ4v) is 4.85. The Kier molecular flexibility index (Phi) is 6.88. The molecule has 28 heavy (non-hydrogen) atoms. The second-order valence-corrected chi connectivity index (χ2v) is 8.49. The van der Waals surface area contributed by atoms with E-state index in [1.54, 1.807) is 26.0 Å². The van der Waals surface area contributed by atoms with Gasteiger partial charge in [-0.2, -0.15) is 0 Å². The van der Waals surface area contributed by atoms with Crippen molar-refractivity contribution in [3.05, 3.63) is 53.1 Å². The second-order valence-electron chi connectivity index (χ2n) is 6.87. The highest BCUT2D eigenvalue weighted by molar-refractivity contribution is 7.99. The van der Waals surface area contributed by atoms with E-state index in [2.05, 4.69) is 4.90 Å². The van der Waals surface area contributed by atoms with Crippen LogP contribution in [-0.4, -0.2) is 58.3 Å².